The van der Waals surface area contributed by atoms with Gasteiger partial charge in [-0.2, -0.15) is 0 Å². The molecule has 92 valence electrons. The second kappa shape index (κ2) is 4.14. The van der Waals surface area contributed by atoms with Gasteiger partial charge in [-0.05, 0) is 38.1 Å². The van der Waals surface area contributed by atoms with Gasteiger partial charge in [-0.25, -0.2) is 4.98 Å². The van der Waals surface area contributed by atoms with Gasteiger partial charge < -0.3 is 4.74 Å². The summed E-state index contributed by atoms with van der Waals surface area (Å²) in [6.07, 6.45) is 0. The van der Waals surface area contributed by atoms with Crippen LogP contribution in [0.2, 0.25) is 0 Å². The highest BCUT2D eigenvalue weighted by atomic mass is 32.1. The predicted molar refractivity (Wildman–Crippen MR) is 74.5 cm³/mol. The molecule has 0 spiro atoms. The van der Waals surface area contributed by atoms with Crippen molar-refractivity contribution in [3.05, 3.63) is 41.0 Å². The van der Waals surface area contributed by atoms with E-state index in [9.17, 15) is 0 Å². The summed E-state index contributed by atoms with van der Waals surface area (Å²) in [7, 11) is 1.68. The van der Waals surface area contributed by atoms with Crippen LogP contribution in [0.1, 0.15) is 11.4 Å². The summed E-state index contributed by atoms with van der Waals surface area (Å²) in [6, 6.07) is 8.12. The van der Waals surface area contributed by atoms with Crippen LogP contribution in [0.5, 0.6) is 5.75 Å². The topological polar surface area (TPSA) is 26.5 Å². The maximum Gasteiger partial charge on any atom is 0.194 e. The van der Waals surface area contributed by atoms with Gasteiger partial charge >= 0.3 is 0 Å². The lowest BCUT2D eigenvalue weighted by molar-refractivity contribution is 0.415. The van der Waals surface area contributed by atoms with Gasteiger partial charge in [0.05, 0.1) is 18.5 Å². The minimum atomic E-state index is 0.874. The number of ether oxygens (including phenoxy) is 1. The highest BCUT2D eigenvalue weighted by Gasteiger charge is 2.13. The number of imidazole rings is 1. The maximum absolute atomic E-state index is 5.19. The van der Waals surface area contributed by atoms with Crippen LogP contribution in [-0.2, 0) is 0 Å². The lowest BCUT2D eigenvalue weighted by Crippen LogP contribution is -1.90. The van der Waals surface area contributed by atoms with Crippen LogP contribution < -0.4 is 4.74 Å². The van der Waals surface area contributed by atoms with Gasteiger partial charge in [0.25, 0.3) is 0 Å². The van der Waals surface area contributed by atoms with E-state index in [1.165, 1.54) is 17.0 Å². The smallest absolute Gasteiger partial charge is 0.194 e. The van der Waals surface area contributed by atoms with E-state index < -0.39 is 0 Å². The normalized spacial score (nSPS) is 11.1. The van der Waals surface area contributed by atoms with Crippen LogP contribution in [0.15, 0.2) is 29.6 Å². The third-order valence-corrected chi connectivity index (χ3v) is 4.02. The zero-order valence-electron chi connectivity index (χ0n) is 10.6. The highest BCUT2D eigenvalue weighted by molar-refractivity contribution is 7.15. The van der Waals surface area contributed by atoms with E-state index >= 15 is 0 Å². The molecule has 0 bridgehead atoms. The summed E-state index contributed by atoms with van der Waals surface area (Å²) < 4.78 is 7.40. The van der Waals surface area contributed by atoms with E-state index in [1.54, 1.807) is 18.4 Å². The Morgan fingerprint density at radius 1 is 1.17 bits per heavy atom. The molecule has 0 amide bonds. The number of methoxy groups -OCH3 is 1. The third-order valence-electron chi connectivity index (χ3n) is 3.07. The quantitative estimate of drug-likeness (QED) is 0.701. The minimum Gasteiger partial charge on any atom is -0.497 e. The molecule has 0 aliphatic rings. The van der Waals surface area contributed by atoms with E-state index in [4.69, 9.17) is 4.74 Å². The van der Waals surface area contributed by atoms with Gasteiger partial charge in [-0.15, -0.1) is 11.3 Å². The van der Waals surface area contributed by atoms with E-state index in [2.05, 4.69) is 40.7 Å². The van der Waals surface area contributed by atoms with Crippen LogP contribution in [-0.4, -0.2) is 16.5 Å². The summed E-state index contributed by atoms with van der Waals surface area (Å²) in [5, 5.41) is 2.13. The molecule has 0 atom stereocenters. The van der Waals surface area contributed by atoms with Crippen molar-refractivity contribution in [2.75, 3.05) is 7.11 Å². The molecule has 1 aromatic carbocycles. The Hall–Kier alpha value is -1.81. The number of rotatable bonds is 2. The maximum atomic E-state index is 5.19. The SMILES string of the molecule is COc1ccc(-c2c(C)nc3scc(C)n23)cc1. The van der Waals surface area contributed by atoms with Crippen molar-refractivity contribution in [3.8, 4) is 17.0 Å². The summed E-state index contributed by atoms with van der Waals surface area (Å²) in [4.78, 5) is 5.65. The fourth-order valence-electron chi connectivity index (χ4n) is 2.19. The lowest BCUT2D eigenvalue weighted by Gasteiger charge is -2.05. The fraction of sp³-hybridized carbons (Fsp3) is 0.214. The Labute approximate surface area is 110 Å². The molecule has 3 aromatic rings. The molecular formula is C14H14N2OS. The zero-order valence-corrected chi connectivity index (χ0v) is 11.4. The molecule has 0 saturated heterocycles. The molecule has 3 rings (SSSR count). The number of thiazole rings is 1. The molecule has 2 aromatic heterocycles. The average molecular weight is 258 g/mol. The monoisotopic (exact) mass is 258 g/mol. The molecule has 0 aliphatic heterocycles. The van der Waals surface area contributed by atoms with Crippen LogP contribution in [0.4, 0.5) is 0 Å². The summed E-state index contributed by atoms with van der Waals surface area (Å²) in [5.74, 6) is 0.874. The number of benzene rings is 1. The number of aryl methyl sites for hydroxylation is 2. The molecule has 0 fully saturated rings. The molecule has 0 aliphatic carbocycles. The predicted octanol–water partition coefficient (Wildman–Crippen LogP) is 3.69. The van der Waals surface area contributed by atoms with Gasteiger partial charge in [0.1, 0.15) is 5.75 Å². The fourth-order valence-corrected chi connectivity index (χ4v) is 3.10. The lowest BCUT2D eigenvalue weighted by atomic mass is 10.1. The standard InChI is InChI=1S/C14H14N2OS/c1-9-8-18-14-15-10(2)13(16(9)14)11-4-6-12(17-3)7-5-11/h4-8H,1-3H3. The Morgan fingerprint density at radius 2 is 1.89 bits per heavy atom. The number of hydrogen-bond acceptors (Lipinski definition) is 3. The van der Waals surface area contributed by atoms with Crippen molar-refractivity contribution >= 4 is 16.3 Å². The van der Waals surface area contributed by atoms with E-state index in [-0.39, 0.29) is 0 Å². The second-order valence-corrected chi connectivity index (χ2v) is 5.11. The van der Waals surface area contributed by atoms with Crippen LogP contribution >= 0.6 is 11.3 Å². The molecule has 4 heteroatoms. The van der Waals surface area contributed by atoms with Crippen LogP contribution in [0.3, 0.4) is 0 Å². The molecule has 0 N–H and O–H groups in total. The van der Waals surface area contributed by atoms with Crippen LogP contribution in [0, 0.1) is 13.8 Å². The molecule has 0 radical (unpaired) electrons. The summed E-state index contributed by atoms with van der Waals surface area (Å²) in [6.45, 7) is 4.16. The summed E-state index contributed by atoms with van der Waals surface area (Å²) in [5.41, 5.74) is 4.63. The Kier molecular flexibility index (Phi) is 2.59. The van der Waals surface area contributed by atoms with Crippen molar-refractivity contribution in [1.29, 1.82) is 0 Å². The second-order valence-electron chi connectivity index (χ2n) is 4.27. The number of nitrogens with zero attached hydrogens (tertiary/aromatic N) is 2. The molecule has 0 saturated carbocycles. The number of fused-ring (bicyclic) bond motifs is 1. The van der Waals surface area contributed by atoms with E-state index in [0.717, 1.165) is 16.4 Å². The van der Waals surface area contributed by atoms with Crippen molar-refractivity contribution in [2.45, 2.75) is 13.8 Å². The molecule has 18 heavy (non-hydrogen) atoms. The number of hydrogen-bond donors (Lipinski definition) is 0. The van der Waals surface area contributed by atoms with Gasteiger partial charge in [0.15, 0.2) is 4.96 Å². The minimum absolute atomic E-state index is 0.874. The first-order chi connectivity index (χ1) is 8.70. The molecule has 0 unspecified atom stereocenters. The Morgan fingerprint density at radius 3 is 2.56 bits per heavy atom. The van der Waals surface area contributed by atoms with E-state index in [0.29, 0.717) is 0 Å². The Balaban J connectivity index is 2.23. The highest BCUT2D eigenvalue weighted by Crippen LogP contribution is 2.29. The van der Waals surface area contributed by atoms with Gasteiger partial charge in [-0.1, -0.05) is 0 Å². The van der Waals surface area contributed by atoms with Gasteiger partial charge in [0, 0.05) is 16.6 Å². The van der Waals surface area contributed by atoms with E-state index in [1.807, 2.05) is 12.1 Å². The van der Waals surface area contributed by atoms with Crippen molar-refractivity contribution in [3.63, 3.8) is 0 Å². The first kappa shape index (κ1) is 11.3. The molecule has 3 nitrogen and oxygen atoms in total. The van der Waals surface area contributed by atoms with Gasteiger partial charge in [-0.3, -0.25) is 4.40 Å². The largest absolute Gasteiger partial charge is 0.497 e. The van der Waals surface area contributed by atoms with Crippen molar-refractivity contribution in [1.82, 2.24) is 9.38 Å². The first-order valence-electron chi connectivity index (χ1n) is 5.78. The average Bonchev–Trinajstić information content (AvgIpc) is 2.89. The van der Waals surface area contributed by atoms with Crippen LogP contribution in [0.25, 0.3) is 16.2 Å². The summed E-state index contributed by atoms with van der Waals surface area (Å²) >= 11 is 1.68. The number of aromatic nitrogens is 2. The molecule has 2 heterocycles. The Bertz CT molecular complexity index is 694. The molecular weight excluding hydrogens is 244 g/mol. The zero-order chi connectivity index (χ0) is 12.7. The van der Waals surface area contributed by atoms with Gasteiger partial charge in [0.2, 0.25) is 0 Å². The van der Waals surface area contributed by atoms with Crippen molar-refractivity contribution < 1.29 is 4.74 Å². The first-order valence-corrected chi connectivity index (χ1v) is 6.66. The van der Waals surface area contributed by atoms with Crippen molar-refractivity contribution in [2.24, 2.45) is 0 Å². The third kappa shape index (κ3) is 1.61.